The molecule has 4 aliphatic heterocycles. The van der Waals surface area contributed by atoms with Crippen molar-refractivity contribution in [1.82, 2.24) is 29.3 Å². The summed E-state index contributed by atoms with van der Waals surface area (Å²) in [7, 11) is 0. The maximum absolute atomic E-state index is 13.5. The second kappa shape index (κ2) is 15.9. The number of hydrogen-bond donors (Lipinski definition) is 1. The maximum Gasteiger partial charge on any atom is 0.410 e. The van der Waals surface area contributed by atoms with Crippen LogP contribution in [0.15, 0.2) is 42.6 Å². The van der Waals surface area contributed by atoms with E-state index in [2.05, 4.69) is 19.2 Å². The molecule has 3 unspecified atom stereocenters. The van der Waals surface area contributed by atoms with Crippen LogP contribution in [0.2, 0.25) is 0 Å². The molecular weight excluding hydrogens is 690 g/mol. The van der Waals surface area contributed by atoms with Gasteiger partial charge in [-0.25, -0.2) is 14.4 Å². The van der Waals surface area contributed by atoms with Crippen LogP contribution in [-0.4, -0.2) is 110 Å². The molecule has 1 N–H and O–H groups in total. The van der Waals surface area contributed by atoms with E-state index in [0.29, 0.717) is 50.9 Å². The quantitative estimate of drug-likeness (QED) is 0.232. The largest absolute Gasteiger partial charge is 0.472 e. The van der Waals surface area contributed by atoms with Crippen LogP contribution in [0, 0.1) is 5.92 Å². The minimum atomic E-state index is -0.571. The number of benzene rings is 1. The van der Waals surface area contributed by atoms with Gasteiger partial charge < -0.3 is 39.0 Å². The zero-order chi connectivity index (χ0) is 38.0. The third kappa shape index (κ3) is 8.79. The van der Waals surface area contributed by atoms with E-state index in [4.69, 9.17) is 29.0 Å². The first kappa shape index (κ1) is 37.6. The molecule has 0 aliphatic carbocycles. The van der Waals surface area contributed by atoms with Gasteiger partial charge in [0.1, 0.15) is 30.2 Å². The van der Waals surface area contributed by atoms with E-state index >= 15 is 0 Å². The van der Waals surface area contributed by atoms with Crippen molar-refractivity contribution in [1.29, 1.82) is 0 Å². The van der Waals surface area contributed by atoms with Gasteiger partial charge in [0.2, 0.25) is 5.88 Å². The van der Waals surface area contributed by atoms with Gasteiger partial charge >= 0.3 is 18.3 Å². The van der Waals surface area contributed by atoms with Crippen molar-refractivity contribution in [2.45, 2.75) is 122 Å². The van der Waals surface area contributed by atoms with Gasteiger partial charge in [0, 0.05) is 49.8 Å². The zero-order valence-electron chi connectivity index (χ0n) is 32.2. The number of ether oxygens (including phenoxy) is 4. The molecule has 4 aliphatic rings. The van der Waals surface area contributed by atoms with Gasteiger partial charge in [-0.1, -0.05) is 44.2 Å². The number of piperidine rings is 2. The SMILES string of the molecule is CC(C)c1cnn2c(NCC3CC4CCC(C3)N4C(=O)OC3CCN(C(=O)OC(C)(C)C)C3)cc(O[C@@H]3CCCN(C(=O)OCc4ccccc4)C3)nc12. The minimum Gasteiger partial charge on any atom is -0.472 e. The number of nitrogens with one attached hydrogen (secondary N) is 1. The van der Waals surface area contributed by atoms with Gasteiger partial charge in [-0.05, 0) is 76.7 Å². The Labute approximate surface area is 317 Å². The lowest BCUT2D eigenvalue weighted by Crippen LogP contribution is -2.48. The first-order valence-electron chi connectivity index (χ1n) is 19.6. The van der Waals surface area contributed by atoms with Crippen molar-refractivity contribution in [3.63, 3.8) is 0 Å². The van der Waals surface area contributed by atoms with E-state index < -0.39 is 5.60 Å². The van der Waals surface area contributed by atoms with E-state index in [1.165, 1.54) is 0 Å². The number of carbonyl (C=O) groups is 3. The fourth-order valence-corrected chi connectivity index (χ4v) is 8.26. The highest BCUT2D eigenvalue weighted by atomic mass is 16.6. The monoisotopic (exact) mass is 745 g/mol. The molecule has 4 fully saturated rings. The van der Waals surface area contributed by atoms with Crippen LogP contribution in [-0.2, 0) is 20.8 Å². The van der Waals surface area contributed by atoms with Gasteiger partial charge in [-0.3, -0.25) is 0 Å². The smallest absolute Gasteiger partial charge is 0.410 e. The van der Waals surface area contributed by atoms with Gasteiger partial charge in [-0.15, -0.1) is 0 Å². The number of amides is 3. The van der Waals surface area contributed by atoms with Crippen LogP contribution in [0.4, 0.5) is 20.2 Å². The first-order valence-corrected chi connectivity index (χ1v) is 19.6. The number of fused-ring (bicyclic) bond motifs is 3. The Kier molecular flexibility index (Phi) is 11.1. The van der Waals surface area contributed by atoms with Gasteiger partial charge in [-0.2, -0.15) is 14.6 Å². The molecule has 3 amide bonds. The summed E-state index contributed by atoms with van der Waals surface area (Å²) in [4.78, 5) is 49.1. The summed E-state index contributed by atoms with van der Waals surface area (Å²) in [5, 5.41) is 8.36. The maximum atomic E-state index is 13.5. The Morgan fingerprint density at radius 1 is 0.907 bits per heavy atom. The molecule has 14 nitrogen and oxygen atoms in total. The summed E-state index contributed by atoms with van der Waals surface area (Å²) in [6, 6.07) is 11.8. The average molecular weight is 746 g/mol. The van der Waals surface area contributed by atoms with E-state index in [1.54, 1.807) is 9.80 Å². The van der Waals surface area contributed by atoms with E-state index in [9.17, 15) is 14.4 Å². The molecule has 4 atom stereocenters. The standard InChI is InChI=1S/C40H55N7O7/c1-26(2)33-22-42-47-34(20-35(43-36(33)47)52-31-12-9-16-44(23-31)37(48)51-25-27-10-7-6-8-11-27)41-21-28-18-29-13-14-30(19-28)46(29)39(50)53-32-15-17-45(24-32)38(49)54-40(3,4)5/h6-8,10-11,20,22,26,28-32,41H,9,12-19,21,23-25H2,1-5H3/t28?,29?,30?,31-,32?/m1/s1. The lowest BCUT2D eigenvalue weighted by molar-refractivity contribution is 0.0187. The Morgan fingerprint density at radius 2 is 1.63 bits per heavy atom. The Hall–Kier alpha value is -4.75. The van der Waals surface area contributed by atoms with Crippen molar-refractivity contribution < 1.29 is 33.3 Å². The number of carbonyl (C=O) groups excluding carboxylic acids is 3. The molecule has 2 aromatic heterocycles. The van der Waals surface area contributed by atoms with Crippen molar-refractivity contribution in [3.8, 4) is 5.88 Å². The Balaban J connectivity index is 0.955. The second-order valence-corrected chi connectivity index (χ2v) is 16.6. The van der Waals surface area contributed by atoms with Crippen LogP contribution in [0.1, 0.15) is 96.6 Å². The fraction of sp³-hybridized carbons (Fsp3) is 0.625. The lowest BCUT2D eigenvalue weighted by atomic mass is 9.91. The number of nitrogens with zero attached hydrogens (tertiary/aromatic N) is 6. The third-order valence-electron chi connectivity index (χ3n) is 10.9. The fourth-order valence-electron chi connectivity index (χ4n) is 8.26. The molecule has 54 heavy (non-hydrogen) atoms. The van der Waals surface area contributed by atoms with E-state index in [1.807, 2.05) is 72.8 Å². The zero-order valence-corrected chi connectivity index (χ0v) is 32.2. The van der Waals surface area contributed by atoms with Crippen molar-refractivity contribution in [2.24, 2.45) is 5.92 Å². The van der Waals surface area contributed by atoms with E-state index in [-0.39, 0.29) is 55.1 Å². The molecule has 7 rings (SSSR count). The van der Waals surface area contributed by atoms with Crippen LogP contribution in [0.5, 0.6) is 5.88 Å². The molecule has 3 aromatic rings. The molecule has 292 valence electrons. The molecule has 0 spiro atoms. The molecular formula is C40H55N7O7. The third-order valence-corrected chi connectivity index (χ3v) is 10.9. The molecule has 14 heteroatoms. The average Bonchev–Trinajstić information content (AvgIpc) is 3.85. The summed E-state index contributed by atoms with van der Waals surface area (Å²) in [6.07, 6.45) is 6.22. The summed E-state index contributed by atoms with van der Waals surface area (Å²) in [5.41, 5.74) is 2.15. The van der Waals surface area contributed by atoms with E-state index in [0.717, 1.165) is 61.1 Å². The topological polar surface area (TPSA) is 140 Å². The Morgan fingerprint density at radius 3 is 2.35 bits per heavy atom. The summed E-state index contributed by atoms with van der Waals surface area (Å²) in [6.45, 7) is 12.6. The van der Waals surface area contributed by atoms with Crippen LogP contribution >= 0.6 is 0 Å². The summed E-state index contributed by atoms with van der Waals surface area (Å²) >= 11 is 0. The van der Waals surface area contributed by atoms with Crippen LogP contribution in [0.3, 0.4) is 0 Å². The summed E-state index contributed by atoms with van der Waals surface area (Å²) < 4.78 is 25.4. The molecule has 0 radical (unpaired) electrons. The molecule has 6 heterocycles. The summed E-state index contributed by atoms with van der Waals surface area (Å²) in [5.74, 6) is 1.85. The van der Waals surface area contributed by atoms with Crippen molar-refractivity contribution in [3.05, 3.63) is 53.7 Å². The van der Waals surface area contributed by atoms with Gasteiger partial charge in [0.25, 0.3) is 0 Å². The predicted molar refractivity (Wildman–Crippen MR) is 201 cm³/mol. The van der Waals surface area contributed by atoms with Crippen LogP contribution < -0.4 is 10.1 Å². The minimum absolute atomic E-state index is 0.119. The molecule has 2 bridgehead atoms. The second-order valence-electron chi connectivity index (χ2n) is 16.6. The predicted octanol–water partition coefficient (Wildman–Crippen LogP) is 6.83. The highest BCUT2D eigenvalue weighted by molar-refractivity contribution is 5.71. The van der Waals surface area contributed by atoms with Gasteiger partial charge in [0.15, 0.2) is 5.65 Å². The van der Waals surface area contributed by atoms with Crippen molar-refractivity contribution >= 4 is 29.7 Å². The number of anilines is 1. The normalized spacial score (nSPS) is 24.2. The van der Waals surface area contributed by atoms with Crippen LogP contribution in [0.25, 0.3) is 5.65 Å². The van der Waals surface area contributed by atoms with Gasteiger partial charge in [0.05, 0.1) is 19.3 Å². The molecule has 1 aromatic carbocycles. The highest BCUT2D eigenvalue weighted by Crippen LogP contribution is 2.40. The lowest BCUT2D eigenvalue weighted by Gasteiger charge is -2.38. The first-order chi connectivity index (χ1) is 25.9. The van der Waals surface area contributed by atoms with Crippen molar-refractivity contribution in [2.75, 3.05) is 38.0 Å². The number of hydrogen-bond acceptors (Lipinski definition) is 10. The Bertz CT molecular complexity index is 1780. The number of likely N-dealkylation sites (tertiary alicyclic amines) is 2. The number of aromatic nitrogens is 3. The number of rotatable bonds is 9. The molecule has 0 saturated carbocycles. The highest BCUT2D eigenvalue weighted by Gasteiger charge is 2.45. The molecule has 4 saturated heterocycles.